The molecule has 2 aliphatic heterocycles. The van der Waals surface area contributed by atoms with E-state index in [4.69, 9.17) is 9.47 Å². The van der Waals surface area contributed by atoms with E-state index in [0.717, 1.165) is 56.0 Å². The van der Waals surface area contributed by atoms with Gasteiger partial charge in [0, 0.05) is 55.6 Å². The van der Waals surface area contributed by atoms with Crippen LogP contribution < -0.4 is 4.74 Å². The largest absolute Gasteiger partial charge is 0.493 e. The van der Waals surface area contributed by atoms with Gasteiger partial charge in [0.15, 0.2) is 0 Å². The van der Waals surface area contributed by atoms with Crippen LogP contribution in [0.15, 0.2) is 42.7 Å². The Morgan fingerprint density at radius 3 is 2.68 bits per heavy atom. The van der Waals surface area contributed by atoms with Gasteiger partial charge in [-0.1, -0.05) is 17.7 Å². The van der Waals surface area contributed by atoms with Gasteiger partial charge in [-0.15, -0.1) is 0 Å². The van der Waals surface area contributed by atoms with Crippen LogP contribution in [0.5, 0.6) is 5.75 Å². The molecule has 5 heteroatoms. The maximum absolute atomic E-state index is 13.3. The van der Waals surface area contributed by atoms with E-state index in [1.165, 1.54) is 5.56 Å². The molecular weight excluding hydrogens is 352 g/mol. The van der Waals surface area contributed by atoms with Crippen molar-refractivity contribution in [3.05, 3.63) is 59.4 Å². The second-order valence-corrected chi connectivity index (χ2v) is 8.17. The highest BCUT2D eigenvalue weighted by atomic mass is 16.5. The van der Waals surface area contributed by atoms with Crippen LogP contribution in [0.25, 0.3) is 0 Å². The standard InChI is InChI=1S/C23H28N2O3/c1-17-3-4-21(18(2)13-17)22(26)25-14-19(15-28-20-5-9-24-10-6-20)23(16-25)7-11-27-12-8-23/h3-6,9-10,13,19H,7-8,11-12,14-16H2,1-2H3. The quantitative estimate of drug-likeness (QED) is 0.813. The van der Waals surface area contributed by atoms with E-state index in [2.05, 4.69) is 18.0 Å². The van der Waals surface area contributed by atoms with Crippen molar-refractivity contribution >= 4 is 5.91 Å². The first-order valence-electron chi connectivity index (χ1n) is 10.0. The molecule has 148 valence electrons. The van der Waals surface area contributed by atoms with Crippen LogP contribution in [0.3, 0.4) is 0 Å². The lowest BCUT2D eigenvalue weighted by Crippen LogP contribution is -2.39. The summed E-state index contributed by atoms with van der Waals surface area (Å²) < 4.78 is 11.7. The normalized spacial score (nSPS) is 21.1. The zero-order valence-electron chi connectivity index (χ0n) is 16.7. The van der Waals surface area contributed by atoms with E-state index in [1.807, 2.05) is 36.1 Å². The SMILES string of the molecule is Cc1ccc(C(=O)N2CC(COc3ccncc3)C3(CCOCC3)C2)c(C)c1. The summed E-state index contributed by atoms with van der Waals surface area (Å²) in [7, 11) is 0. The number of benzene rings is 1. The lowest BCUT2D eigenvalue weighted by atomic mass is 9.72. The predicted molar refractivity (Wildman–Crippen MR) is 108 cm³/mol. The van der Waals surface area contributed by atoms with Crippen molar-refractivity contribution < 1.29 is 14.3 Å². The number of carbonyl (C=O) groups is 1. The Bertz CT molecular complexity index is 831. The molecule has 28 heavy (non-hydrogen) atoms. The minimum absolute atomic E-state index is 0.0829. The van der Waals surface area contributed by atoms with Crippen LogP contribution in [0.1, 0.15) is 34.3 Å². The van der Waals surface area contributed by atoms with Crippen molar-refractivity contribution in [1.82, 2.24) is 9.88 Å². The van der Waals surface area contributed by atoms with E-state index < -0.39 is 0 Å². The van der Waals surface area contributed by atoms with E-state index in [9.17, 15) is 4.79 Å². The molecule has 0 saturated carbocycles. The Hall–Kier alpha value is -2.40. The third-order valence-electron chi connectivity index (χ3n) is 6.30. The highest BCUT2D eigenvalue weighted by Crippen LogP contribution is 2.45. The maximum Gasteiger partial charge on any atom is 0.254 e. The topological polar surface area (TPSA) is 51.7 Å². The van der Waals surface area contributed by atoms with Crippen molar-refractivity contribution in [3.63, 3.8) is 0 Å². The predicted octanol–water partition coefficient (Wildman–Crippen LogP) is 3.65. The molecule has 2 aromatic rings. The van der Waals surface area contributed by atoms with E-state index in [-0.39, 0.29) is 11.3 Å². The highest BCUT2D eigenvalue weighted by Gasteiger charge is 2.49. The van der Waals surface area contributed by atoms with Crippen LogP contribution >= 0.6 is 0 Å². The van der Waals surface area contributed by atoms with Crippen molar-refractivity contribution in [1.29, 1.82) is 0 Å². The number of rotatable bonds is 4. The van der Waals surface area contributed by atoms with Gasteiger partial charge in [0.25, 0.3) is 5.91 Å². The van der Waals surface area contributed by atoms with Crippen LogP contribution in [0, 0.1) is 25.2 Å². The number of pyridine rings is 1. The minimum atomic E-state index is 0.0829. The molecule has 4 rings (SSSR count). The molecule has 2 aliphatic rings. The monoisotopic (exact) mass is 380 g/mol. The van der Waals surface area contributed by atoms with Crippen molar-refractivity contribution in [2.24, 2.45) is 11.3 Å². The highest BCUT2D eigenvalue weighted by molar-refractivity contribution is 5.96. The van der Waals surface area contributed by atoms with Crippen molar-refractivity contribution in [3.8, 4) is 5.75 Å². The summed E-state index contributed by atoms with van der Waals surface area (Å²) >= 11 is 0. The molecule has 0 aliphatic carbocycles. The number of aromatic nitrogens is 1. The summed E-state index contributed by atoms with van der Waals surface area (Å²) in [6.07, 6.45) is 5.44. The molecule has 1 aromatic carbocycles. The molecular formula is C23H28N2O3. The van der Waals surface area contributed by atoms with Crippen molar-refractivity contribution in [2.45, 2.75) is 26.7 Å². The van der Waals surface area contributed by atoms with E-state index in [0.29, 0.717) is 12.5 Å². The van der Waals surface area contributed by atoms with Gasteiger partial charge in [0.05, 0.1) is 6.61 Å². The molecule has 5 nitrogen and oxygen atoms in total. The molecule has 2 saturated heterocycles. The number of nitrogens with zero attached hydrogens (tertiary/aromatic N) is 2. The summed E-state index contributed by atoms with van der Waals surface area (Å²) in [5, 5.41) is 0. The van der Waals surface area contributed by atoms with Crippen LogP contribution in [0.2, 0.25) is 0 Å². The Morgan fingerprint density at radius 1 is 1.21 bits per heavy atom. The van der Waals surface area contributed by atoms with Crippen LogP contribution in [-0.4, -0.2) is 48.7 Å². The fraction of sp³-hybridized carbons (Fsp3) is 0.478. The first kappa shape index (κ1) is 18.9. The molecule has 3 heterocycles. The maximum atomic E-state index is 13.3. The number of amides is 1. The summed E-state index contributed by atoms with van der Waals surface area (Å²) in [4.78, 5) is 19.3. The molecule has 0 radical (unpaired) electrons. The van der Waals surface area contributed by atoms with Gasteiger partial charge in [-0.3, -0.25) is 9.78 Å². The van der Waals surface area contributed by atoms with Gasteiger partial charge >= 0.3 is 0 Å². The molecule has 1 aromatic heterocycles. The number of likely N-dealkylation sites (tertiary alicyclic amines) is 1. The van der Waals surface area contributed by atoms with Gasteiger partial charge in [0.2, 0.25) is 0 Å². The van der Waals surface area contributed by atoms with Crippen molar-refractivity contribution in [2.75, 3.05) is 32.9 Å². The lowest BCUT2D eigenvalue weighted by Gasteiger charge is -2.37. The molecule has 0 bridgehead atoms. The molecule has 1 spiro atoms. The summed E-state index contributed by atoms with van der Waals surface area (Å²) in [5.41, 5.74) is 3.12. The molecule has 0 N–H and O–H groups in total. The van der Waals surface area contributed by atoms with Gasteiger partial charge < -0.3 is 14.4 Å². The molecule has 1 amide bonds. The van der Waals surface area contributed by atoms with Crippen LogP contribution in [-0.2, 0) is 4.74 Å². The second kappa shape index (κ2) is 7.92. The Labute approximate surface area is 166 Å². The van der Waals surface area contributed by atoms with E-state index in [1.54, 1.807) is 12.4 Å². The van der Waals surface area contributed by atoms with E-state index >= 15 is 0 Å². The number of carbonyl (C=O) groups excluding carboxylic acids is 1. The first-order valence-corrected chi connectivity index (χ1v) is 10.0. The second-order valence-electron chi connectivity index (χ2n) is 8.17. The number of hydrogen-bond donors (Lipinski definition) is 0. The molecule has 2 fully saturated rings. The molecule has 1 atom stereocenters. The van der Waals surface area contributed by atoms with Gasteiger partial charge in [-0.05, 0) is 50.5 Å². The van der Waals surface area contributed by atoms with Gasteiger partial charge in [0.1, 0.15) is 5.75 Å². The van der Waals surface area contributed by atoms with Crippen LogP contribution in [0.4, 0.5) is 0 Å². The minimum Gasteiger partial charge on any atom is -0.493 e. The van der Waals surface area contributed by atoms with Gasteiger partial charge in [-0.2, -0.15) is 0 Å². The molecule has 1 unspecified atom stereocenters. The third-order valence-corrected chi connectivity index (χ3v) is 6.30. The average molecular weight is 380 g/mol. The first-order chi connectivity index (χ1) is 13.6. The lowest BCUT2D eigenvalue weighted by molar-refractivity contribution is -0.00909. The Morgan fingerprint density at radius 2 is 1.96 bits per heavy atom. The number of ether oxygens (including phenoxy) is 2. The Kier molecular flexibility index (Phi) is 5.36. The summed E-state index contributed by atoms with van der Waals surface area (Å²) in [6.45, 7) is 7.73. The average Bonchev–Trinajstić information content (AvgIpc) is 3.05. The third kappa shape index (κ3) is 3.76. The zero-order chi connectivity index (χ0) is 19.6. The number of hydrogen-bond acceptors (Lipinski definition) is 4. The summed E-state index contributed by atoms with van der Waals surface area (Å²) in [6, 6.07) is 9.82. The number of aryl methyl sites for hydroxylation is 2. The smallest absolute Gasteiger partial charge is 0.254 e. The zero-order valence-corrected chi connectivity index (χ0v) is 16.7. The van der Waals surface area contributed by atoms with Gasteiger partial charge in [-0.25, -0.2) is 0 Å². The fourth-order valence-corrected chi connectivity index (χ4v) is 4.62. The summed E-state index contributed by atoms with van der Waals surface area (Å²) in [5.74, 6) is 1.27. The fourth-order valence-electron chi connectivity index (χ4n) is 4.62. The Balaban J connectivity index is 1.53.